The zero-order chi connectivity index (χ0) is 22.5. The number of aromatic nitrogens is 2. The highest BCUT2D eigenvalue weighted by Gasteiger charge is 2.26. The van der Waals surface area contributed by atoms with Crippen LogP contribution in [-0.2, 0) is 17.8 Å². The molecule has 0 unspecified atom stereocenters. The molecule has 166 valence electrons. The van der Waals surface area contributed by atoms with Gasteiger partial charge in [-0.1, -0.05) is 49.0 Å². The average Bonchev–Trinajstić information content (AvgIpc) is 3.17. The SMILES string of the molecule is CCOc1ccc(NC(=O)CSc2nc3c(c(=O)n2Cc2ccccc2)S[C@H](C)C3)cc1. The third-order valence-electron chi connectivity index (χ3n) is 4.93. The lowest BCUT2D eigenvalue weighted by Crippen LogP contribution is -2.26. The Morgan fingerprint density at radius 2 is 1.97 bits per heavy atom. The van der Waals surface area contributed by atoms with Gasteiger partial charge in [0.1, 0.15) is 5.75 Å². The summed E-state index contributed by atoms with van der Waals surface area (Å²) in [5.41, 5.74) is 2.54. The van der Waals surface area contributed by atoms with Gasteiger partial charge in [-0.2, -0.15) is 0 Å². The molecule has 8 heteroatoms. The number of nitrogens with zero attached hydrogens (tertiary/aromatic N) is 2. The normalized spacial score (nSPS) is 14.8. The van der Waals surface area contributed by atoms with E-state index in [1.54, 1.807) is 16.3 Å². The molecule has 0 fully saturated rings. The maximum atomic E-state index is 13.2. The van der Waals surface area contributed by atoms with Gasteiger partial charge in [0.15, 0.2) is 5.16 Å². The van der Waals surface area contributed by atoms with Crippen molar-refractivity contribution in [3.8, 4) is 5.75 Å². The van der Waals surface area contributed by atoms with Gasteiger partial charge in [0.05, 0.1) is 29.5 Å². The van der Waals surface area contributed by atoms with E-state index in [0.29, 0.717) is 29.2 Å². The van der Waals surface area contributed by atoms with Crippen molar-refractivity contribution in [2.24, 2.45) is 0 Å². The fourth-order valence-corrected chi connectivity index (χ4v) is 5.41. The highest BCUT2D eigenvalue weighted by molar-refractivity contribution is 8.00. The number of hydrogen-bond donors (Lipinski definition) is 1. The van der Waals surface area contributed by atoms with Gasteiger partial charge in [-0.25, -0.2) is 4.98 Å². The van der Waals surface area contributed by atoms with Crippen LogP contribution >= 0.6 is 23.5 Å². The second kappa shape index (κ2) is 10.3. The van der Waals surface area contributed by atoms with Crippen molar-refractivity contribution in [2.45, 2.75) is 42.1 Å². The Morgan fingerprint density at radius 3 is 2.69 bits per heavy atom. The number of ether oxygens (including phenoxy) is 1. The molecule has 0 saturated carbocycles. The van der Waals surface area contributed by atoms with E-state index >= 15 is 0 Å². The van der Waals surface area contributed by atoms with Crippen molar-refractivity contribution in [3.63, 3.8) is 0 Å². The molecule has 0 radical (unpaired) electrons. The monoisotopic (exact) mass is 467 g/mol. The van der Waals surface area contributed by atoms with Crippen LogP contribution in [0.3, 0.4) is 0 Å². The first kappa shape index (κ1) is 22.5. The standard InChI is InChI=1S/C24H25N3O3S2/c1-3-30-19-11-9-18(10-12-19)25-21(28)15-31-24-26-20-13-16(2)32-22(20)23(29)27(24)14-17-7-5-4-6-8-17/h4-12,16H,3,13-15H2,1-2H3,(H,25,28)/t16-/m1/s1. The van der Waals surface area contributed by atoms with Gasteiger partial charge in [-0.15, -0.1) is 11.8 Å². The number of nitrogens with one attached hydrogen (secondary N) is 1. The Kier molecular flexibility index (Phi) is 7.22. The third-order valence-corrected chi connectivity index (χ3v) is 7.12. The molecule has 0 saturated heterocycles. The van der Waals surface area contributed by atoms with Gasteiger partial charge >= 0.3 is 0 Å². The minimum Gasteiger partial charge on any atom is -0.494 e. The first-order chi connectivity index (χ1) is 15.5. The summed E-state index contributed by atoms with van der Waals surface area (Å²) in [6.07, 6.45) is 0.771. The Bertz CT molecular complexity index is 1150. The van der Waals surface area contributed by atoms with Gasteiger partial charge in [0, 0.05) is 17.4 Å². The van der Waals surface area contributed by atoms with Crippen LogP contribution < -0.4 is 15.6 Å². The summed E-state index contributed by atoms with van der Waals surface area (Å²) < 4.78 is 7.12. The molecular weight excluding hydrogens is 442 g/mol. The summed E-state index contributed by atoms with van der Waals surface area (Å²) in [7, 11) is 0. The van der Waals surface area contributed by atoms with Crippen LogP contribution in [0.5, 0.6) is 5.75 Å². The molecule has 2 heterocycles. The third kappa shape index (κ3) is 5.37. The average molecular weight is 468 g/mol. The minimum absolute atomic E-state index is 0.0253. The summed E-state index contributed by atoms with van der Waals surface area (Å²) in [6.45, 7) is 5.05. The quantitative estimate of drug-likeness (QED) is 0.390. The molecule has 6 nitrogen and oxygen atoms in total. The molecule has 0 bridgehead atoms. The number of anilines is 1. The lowest BCUT2D eigenvalue weighted by Gasteiger charge is -2.14. The molecule has 32 heavy (non-hydrogen) atoms. The molecule has 2 aromatic carbocycles. The molecule has 1 aromatic heterocycles. The predicted octanol–water partition coefficient (Wildman–Crippen LogP) is 4.46. The fraction of sp³-hybridized carbons (Fsp3) is 0.292. The van der Waals surface area contributed by atoms with Crippen molar-refractivity contribution in [2.75, 3.05) is 17.7 Å². The Labute approximate surface area is 195 Å². The number of benzene rings is 2. The van der Waals surface area contributed by atoms with Crippen molar-refractivity contribution in [1.82, 2.24) is 9.55 Å². The van der Waals surface area contributed by atoms with Crippen LogP contribution in [-0.4, -0.2) is 33.1 Å². The van der Waals surface area contributed by atoms with Crippen LogP contribution in [0, 0.1) is 0 Å². The lowest BCUT2D eigenvalue weighted by atomic mass is 10.2. The Hall–Kier alpha value is -2.71. The molecule has 3 aromatic rings. The van der Waals surface area contributed by atoms with E-state index in [1.807, 2.05) is 61.5 Å². The largest absolute Gasteiger partial charge is 0.494 e. The van der Waals surface area contributed by atoms with Crippen LogP contribution in [0.1, 0.15) is 25.1 Å². The van der Waals surface area contributed by atoms with E-state index in [1.165, 1.54) is 11.8 Å². The van der Waals surface area contributed by atoms with E-state index in [-0.39, 0.29) is 17.2 Å². The molecule has 1 amide bonds. The zero-order valence-corrected chi connectivity index (χ0v) is 19.7. The summed E-state index contributed by atoms with van der Waals surface area (Å²) in [5, 5.41) is 3.80. The number of carbonyl (C=O) groups excluding carboxylic acids is 1. The van der Waals surface area contributed by atoms with Gasteiger partial charge < -0.3 is 10.1 Å². The number of thioether (sulfide) groups is 2. The summed E-state index contributed by atoms with van der Waals surface area (Å²) in [4.78, 5) is 31.3. The van der Waals surface area contributed by atoms with Crippen molar-refractivity contribution in [3.05, 3.63) is 76.2 Å². The van der Waals surface area contributed by atoms with Crippen LogP contribution in [0.15, 0.2) is 69.4 Å². The first-order valence-corrected chi connectivity index (χ1v) is 12.4. The van der Waals surface area contributed by atoms with Crippen molar-refractivity contribution < 1.29 is 9.53 Å². The summed E-state index contributed by atoms with van der Waals surface area (Å²) >= 11 is 2.88. The van der Waals surface area contributed by atoms with Gasteiger partial charge in [0.25, 0.3) is 5.56 Å². The van der Waals surface area contributed by atoms with Gasteiger partial charge in [-0.3, -0.25) is 14.2 Å². The molecule has 1 atom stereocenters. The molecule has 0 aliphatic carbocycles. The second-order valence-electron chi connectivity index (χ2n) is 7.47. The van der Waals surface area contributed by atoms with Crippen LogP contribution in [0.4, 0.5) is 5.69 Å². The smallest absolute Gasteiger partial charge is 0.268 e. The molecule has 1 aliphatic heterocycles. The maximum absolute atomic E-state index is 13.2. The second-order valence-corrected chi connectivity index (χ2v) is 9.87. The van der Waals surface area contributed by atoms with Crippen LogP contribution in [0.25, 0.3) is 0 Å². The summed E-state index contributed by atoms with van der Waals surface area (Å²) in [6, 6.07) is 17.1. The first-order valence-electron chi connectivity index (χ1n) is 10.5. The fourth-order valence-electron chi connectivity index (χ4n) is 3.48. The van der Waals surface area contributed by atoms with Gasteiger partial charge in [-0.05, 0) is 36.8 Å². The highest BCUT2D eigenvalue weighted by atomic mass is 32.2. The summed E-state index contributed by atoms with van der Waals surface area (Å²) in [5.74, 6) is 0.776. The topological polar surface area (TPSA) is 73.2 Å². The lowest BCUT2D eigenvalue weighted by molar-refractivity contribution is -0.113. The molecule has 1 aliphatic rings. The minimum atomic E-state index is -0.150. The van der Waals surface area contributed by atoms with Crippen molar-refractivity contribution in [1.29, 1.82) is 0 Å². The van der Waals surface area contributed by atoms with E-state index in [0.717, 1.165) is 28.3 Å². The molecular formula is C24H25N3O3S2. The van der Waals surface area contributed by atoms with Crippen LogP contribution in [0.2, 0.25) is 0 Å². The predicted molar refractivity (Wildman–Crippen MR) is 130 cm³/mol. The van der Waals surface area contributed by atoms with E-state index < -0.39 is 0 Å². The zero-order valence-electron chi connectivity index (χ0n) is 18.0. The Balaban J connectivity index is 1.50. The molecule has 1 N–H and O–H groups in total. The number of amides is 1. The Morgan fingerprint density at radius 1 is 1.22 bits per heavy atom. The number of carbonyl (C=O) groups is 1. The van der Waals surface area contributed by atoms with E-state index in [4.69, 9.17) is 9.72 Å². The molecule has 4 rings (SSSR count). The number of rotatable bonds is 8. The van der Waals surface area contributed by atoms with Gasteiger partial charge in [0.2, 0.25) is 5.91 Å². The van der Waals surface area contributed by atoms with E-state index in [2.05, 4.69) is 12.2 Å². The maximum Gasteiger partial charge on any atom is 0.268 e. The van der Waals surface area contributed by atoms with Crippen molar-refractivity contribution >= 4 is 35.1 Å². The highest BCUT2D eigenvalue weighted by Crippen LogP contribution is 2.34. The number of hydrogen-bond acceptors (Lipinski definition) is 6. The number of fused-ring (bicyclic) bond motifs is 1. The molecule has 0 spiro atoms. The van der Waals surface area contributed by atoms with E-state index in [9.17, 15) is 9.59 Å².